The van der Waals surface area contributed by atoms with Crippen LogP contribution in [0.5, 0.6) is 0 Å². The molecule has 0 heterocycles. The van der Waals surface area contributed by atoms with Gasteiger partial charge in [0, 0.05) is 32.0 Å². The Balaban J connectivity index is 1.78. The van der Waals surface area contributed by atoms with Gasteiger partial charge in [0.1, 0.15) is 12.2 Å². The van der Waals surface area contributed by atoms with Crippen molar-refractivity contribution in [1.82, 2.24) is 5.32 Å². The fourth-order valence-electron chi connectivity index (χ4n) is 2.06. The molecule has 0 aromatic heterocycles. The Hall–Kier alpha value is -2.89. The Labute approximate surface area is 140 Å². The third-order valence-electron chi connectivity index (χ3n) is 3.39. The van der Waals surface area contributed by atoms with Crippen LogP contribution in [-0.2, 0) is 16.1 Å². The van der Waals surface area contributed by atoms with Crippen molar-refractivity contribution in [2.45, 2.75) is 13.0 Å². The number of carbonyl (C=O) groups is 2. The van der Waals surface area contributed by atoms with E-state index in [0.29, 0.717) is 5.69 Å². The molecule has 2 N–H and O–H groups in total. The number of amides is 2. The van der Waals surface area contributed by atoms with Gasteiger partial charge in [-0.05, 0) is 42.0 Å². The SMILES string of the molecule is CN(C)c1ccc(NC(=O)CC(=O)NCc2ccc(F)cc2)cc1. The molecule has 0 bridgehead atoms. The Morgan fingerprint density at radius 1 is 0.958 bits per heavy atom. The topological polar surface area (TPSA) is 61.4 Å². The highest BCUT2D eigenvalue weighted by Gasteiger charge is 2.09. The second-order valence-corrected chi connectivity index (χ2v) is 5.57. The maximum atomic E-state index is 12.8. The zero-order valence-corrected chi connectivity index (χ0v) is 13.7. The Kier molecular flexibility index (Phi) is 5.89. The summed E-state index contributed by atoms with van der Waals surface area (Å²) in [5, 5.41) is 5.31. The fraction of sp³-hybridized carbons (Fsp3) is 0.222. The minimum Gasteiger partial charge on any atom is -0.378 e. The van der Waals surface area contributed by atoms with E-state index in [9.17, 15) is 14.0 Å². The van der Waals surface area contributed by atoms with Crippen molar-refractivity contribution < 1.29 is 14.0 Å². The molecule has 0 fully saturated rings. The van der Waals surface area contributed by atoms with Crippen LogP contribution < -0.4 is 15.5 Å². The van der Waals surface area contributed by atoms with E-state index in [1.54, 1.807) is 24.3 Å². The smallest absolute Gasteiger partial charge is 0.233 e. The normalized spacial score (nSPS) is 10.1. The van der Waals surface area contributed by atoms with E-state index < -0.39 is 0 Å². The van der Waals surface area contributed by atoms with Crippen LogP contribution in [0.1, 0.15) is 12.0 Å². The van der Waals surface area contributed by atoms with Crippen LogP contribution in [0.4, 0.5) is 15.8 Å². The second-order valence-electron chi connectivity index (χ2n) is 5.57. The van der Waals surface area contributed by atoms with Gasteiger partial charge in [-0.2, -0.15) is 0 Å². The highest BCUT2D eigenvalue weighted by molar-refractivity contribution is 6.03. The lowest BCUT2D eigenvalue weighted by molar-refractivity contribution is -0.126. The molecule has 0 unspecified atom stereocenters. The largest absolute Gasteiger partial charge is 0.378 e. The number of hydrogen-bond donors (Lipinski definition) is 2. The van der Waals surface area contributed by atoms with Crippen molar-refractivity contribution in [3.05, 3.63) is 59.9 Å². The van der Waals surface area contributed by atoms with E-state index in [2.05, 4.69) is 10.6 Å². The van der Waals surface area contributed by atoms with Gasteiger partial charge in [-0.1, -0.05) is 12.1 Å². The molecule has 2 amide bonds. The second kappa shape index (κ2) is 8.10. The van der Waals surface area contributed by atoms with Gasteiger partial charge in [-0.3, -0.25) is 9.59 Å². The maximum Gasteiger partial charge on any atom is 0.233 e. The summed E-state index contributed by atoms with van der Waals surface area (Å²) in [6.45, 7) is 0.254. The van der Waals surface area contributed by atoms with Crippen LogP contribution in [0.2, 0.25) is 0 Å². The summed E-state index contributed by atoms with van der Waals surface area (Å²) in [6.07, 6.45) is -0.267. The molecule has 0 radical (unpaired) electrons. The number of carbonyl (C=O) groups excluding carboxylic acids is 2. The summed E-state index contributed by atoms with van der Waals surface area (Å²) in [5.41, 5.74) is 2.42. The molecule has 0 aliphatic rings. The van der Waals surface area contributed by atoms with E-state index in [-0.39, 0.29) is 30.6 Å². The summed E-state index contributed by atoms with van der Waals surface area (Å²) < 4.78 is 12.8. The summed E-state index contributed by atoms with van der Waals surface area (Å²) in [4.78, 5) is 25.6. The van der Waals surface area contributed by atoms with Crippen molar-refractivity contribution in [1.29, 1.82) is 0 Å². The number of anilines is 2. The van der Waals surface area contributed by atoms with Gasteiger partial charge >= 0.3 is 0 Å². The van der Waals surface area contributed by atoms with Gasteiger partial charge in [-0.25, -0.2) is 4.39 Å². The Morgan fingerprint density at radius 2 is 1.58 bits per heavy atom. The first kappa shape index (κ1) is 17.5. The van der Waals surface area contributed by atoms with Crippen LogP contribution in [-0.4, -0.2) is 25.9 Å². The molecular formula is C18H20FN3O2. The summed E-state index contributed by atoms with van der Waals surface area (Å²) in [7, 11) is 3.86. The number of halogens is 1. The van der Waals surface area contributed by atoms with Gasteiger partial charge in [0.05, 0.1) is 0 Å². The molecule has 0 spiro atoms. The lowest BCUT2D eigenvalue weighted by Gasteiger charge is -2.13. The van der Waals surface area contributed by atoms with Crippen molar-refractivity contribution in [2.24, 2.45) is 0 Å². The van der Waals surface area contributed by atoms with Crippen LogP contribution in [0.25, 0.3) is 0 Å². The van der Waals surface area contributed by atoms with E-state index >= 15 is 0 Å². The van der Waals surface area contributed by atoms with E-state index in [1.165, 1.54) is 12.1 Å². The zero-order chi connectivity index (χ0) is 17.5. The molecule has 0 atom stereocenters. The zero-order valence-electron chi connectivity index (χ0n) is 13.7. The van der Waals surface area contributed by atoms with Gasteiger partial charge in [0.15, 0.2) is 0 Å². The van der Waals surface area contributed by atoms with Gasteiger partial charge < -0.3 is 15.5 Å². The molecule has 0 saturated carbocycles. The first-order valence-electron chi connectivity index (χ1n) is 7.52. The minimum absolute atomic E-state index is 0.254. The predicted octanol–water partition coefficient (Wildman–Crippen LogP) is 2.54. The van der Waals surface area contributed by atoms with Crippen LogP contribution in [0.15, 0.2) is 48.5 Å². The summed E-state index contributed by atoms with van der Waals surface area (Å²) in [5.74, 6) is -1.10. The third-order valence-corrected chi connectivity index (χ3v) is 3.39. The molecule has 6 heteroatoms. The molecular weight excluding hydrogens is 309 g/mol. The standard InChI is InChI=1S/C18H20FN3O2/c1-22(2)16-9-7-15(8-10-16)21-18(24)11-17(23)20-12-13-3-5-14(19)6-4-13/h3-10H,11-12H2,1-2H3,(H,20,23)(H,21,24). The highest BCUT2D eigenvalue weighted by Crippen LogP contribution is 2.15. The molecule has 2 aromatic rings. The molecule has 126 valence electrons. The Bertz CT molecular complexity index is 697. The van der Waals surface area contributed by atoms with E-state index in [0.717, 1.165) is 11.3 Å². The molecule has 0 aliphatic heterocycles. The maximum absolute atomic E-state index is 12.8. The number of rotatable bonds is 6. The summed E-state index contributed by atoms with van der Waals surface area (Å²) in [6, 6.07) is 13.1. The molecule has 2 rings (SSSR count). The number of benzene rings is 2. The first-order valence-corrected chi connectivity index (χ1v) is 7.52. The quantitative estimate of drug-likeness (QED) is 0.801. The predicted molar refractivity (Wildman–Crippen MR) is 92.3 cm³/mol. The van der Waals surface area contributed by atoms with Crippen LogP contribution in [0.3, 0.4) is 0 Å². The lowest BCUT2D eigenvalue weighted by atomic mass is 10.2. The van der Waals surface area contributed by atoms with Crippen molar-refractivity contribution in [3.63, 3.8) is 0 Å². The lowest BCUT2D eigenvalue weighted by Crippen LogP contribution is -2.27. The highest BCUT2D eigenvalue weighted by atomic mass is 19.1. The van der Waals surface area contributed by atoms with Gasteiger partial charge in [0.2, 0.25) is 11.8 Å². The monoisotopic (exact) mass is 329 g/mol. The van der Waals surface area contributed by atoms with E-state index in [1.807, 2.05) is 31.1 Å². The Morgan fingerprint density at radius 3 is 2.17 bits per heavy atom. The molecule has 2 aromatic carbocycles. The molecule has 0 saturated heterocycles. The minimum atomic E-state index is -0.387. The van der Waals surface area contributed by atoms with Crippen molar-refractivity contribution in [2.75, 3.05) is 24.3 Å². The van der Waals surface area contributed by atoms with Gasteiger partial charge in [-0.15, -0.1) is 0 Å². The molecule has 0 aliphatic carbocycles. The van der Waals surface area contributed by atoms with Crippen LogP contribution in [0, 0.1) is 5.82 Å². The average Bonchev–Trinajstić information content (AvgIpc) is 2.54. The summed E-state index contributed by atoms with van der Waals surface area (Å²) >= 11 is 0. The van der Waals surface area contributed by atoms with E-state index in [4.69, 9.17) is 0 Å². The van der Waals surface area contributed by atoms with Crippen molar-refractivity contribution in [3.8, 4) is 0 Å². The third kappa shape index (κ3) is 5.39. The number of hydrogen-bond acceptors (Lipinski definition) is 3. The number of nitrogens with one attached hydrogen (secondary N) is 2. The number of nitrogens with zero attached hydrogens (tertiary/aromatic N) is 1. The van der Waals surface area contributed by atoms with Crippen molar-refractivity contribution >= 4 is 23.2 Å². The average molecular weight is 329 g/mol. The van der Waals surface area contributed by atoms with Crippen LogP contribution >= 0.6 is 0 Å². The molecule has 5 nitrogen and oxygen atoms in total. The fourth-order valence-corrected chi connectivity index (χ4v) is 2.06. The first-order chi connectivity index (χ1) is 11.4. The molecule has 24 heavy (non-hydrogen) atoms. The van der Waals surface area contributed by atoms with Gasteiger partial charge in [0.25, 0.3) is 0 Å².